The first-order chi connectivity index (χ1) is 9.47. The molecule has 20 heavy (non-hydrogen) atoms. The largest absolute Gasteiger partial charge is 0.508 e. The van der Waals surface area contributed by atoms with E-state index in [1.165, 1.54) is 36.5 Å². The van der Waals surface area contributed by atoms with Gasteiger partial charge in [0.2, 0.25) is 0 Å². The Balaban J connectivity index is 2.17. The predicted molar refractivity (Wildman–Crippen MR) is 72.0 cm³/mol. The lowest BCUT2D eigenvalue weighted by atomic mass is 10.1. The Bertz CT molecular complexity index is 665. The van der Waals surface area contributed by atoms with Gasteiger partial charge in [0.1, 0.15) is 11.4 Å². The first-order valence-electron chi connectivity index (χ1n) is 5.77. The number of carboxylic acids is 1. The van der Waals surface area contributed by atoms with E-state index in [0.717, 1.165) is 0 Å². The summed E-state index contributed by atoms with van der Waals surface area (Å²) in [5, 5.41) is 20.6. The van der Waals surface area contributed by atoms with Crippen molar-refractivity contribution in [1.82, 2.24) is 4.98 Å². The van der Waals surface area contributed by atoms with Crippen LogP contribution in [0.3, 0.4) is 0 Å². The molecule has 6 heteroatoms. The van der Waals surface area contributed by atoms with Crippen LogP contribution >= 0.6 is 0 Å². The van der Waals surface area contributed by atoms with Crippen LogP contribution in [0, 0.1) is 6.92 Å². The van der Waals surface area contributed by atoms with E-state index in [9.17, 15) is 14.7 Å². The van der Waals surface area contributed by atoms with E-state index in [1.807, 2.05) is 0 Å². The maximum absolute atomic E-state index is 12.0. The van der Waals surface area contributed by atoms with Gasteiger partial charge in [0.25, 0.3) is 5.91 Å². The van der Waals surface area contributed by atoms with E-state index in [4.69, 9.17) is 5.11 Å². The van der Waals surface area contributed by atoms with Crippen LogP contribution in [-0.4, -0.2) is 27.1 Å². The standard InChI is InChI=1S/C14H12N2O4/c1-8-6-10(17)3-4-11(8)13(18)16-9-2-5-12(14(19)20)15-7-9/h2-7,17H,1H3,(H,16,18)(H,19,20). The van der Waals surface area contributed by atoms with Gasteiger partial charge in [0, 0.05) is 5.56 Å². The highest BCUT2D eigenvalue weighted by Gasteiger charge is 2.10. The third-order valence-corrected chi connectivity index (χ3v) is 2.70. The zero-order valence-corrected chi connectivity index (χ0v) is 10.6. The number of anilines is 1. The van der Waals surface area contributed by atoms with Crippen molar-refractivity contribution in [2.24, 2.45) is 0 Å². The zero-order valence-electron chi connectivity index (χ0n) is 10.6. The maximum atomic E-state index is 12.0. The van der Waals surface area contributed by atoms with Gasteiger partial charge in [0.05, 0.1) is 11.9 Å². The summed E-state index contributed by atoms with van der Waals surface area (Å²) in [5.41, 5.74) is 1.36. The lowest BCUT2D eigenvalue weighted by molar-refractivity contribution is 0.0690. The quantitative estimate of drug-likeness (QED) is 0.794. The highest BCUT2D eigenvalue weighted by molar-refractivity contribution is 6.05. The Morgan fingerprint density at radius 3 is 2.50 bits per heavy atom. The van der Waals surface area contributed by atoms with Gasteiger partial charge in [-0.1, -0.05) is 0 Å². The molecule has 0 aliphatic heterocycles. The normalized spacial score (nSPS) is 10.1. The molecule has 2 rings (SSSR count). The Kier molecular flexibility index (Phi) is 3.65. The van der Waals surface area contributed by atoms with Crippen molar-refractivity contribution >= 4 is 17.6 Å². The van der Waals surface area contributed by atoms with Gasteiger partial charge in [-0.3, -0.25) is 4.79 Å². The van der Waals surface area contributed by atoms with Gasteiger partial charge in [-0.05, 0) is 42.8 Å². The first kappa shape index (κ1) is 13.5. The van der Waals surface area contributed by atoms with Crippen LogP contribution in [0.2, 0.25) is 0 Å². The number of aryl methyl sites for hydroxylation is 1. The number of hydrogen-bond acceptors (Lipinski definition) is 4. The Hall–Kier alpha value is -2.89. The fraction of sp³-hybridized carbons (Fsp3) is 0.0714. The summed E-state index contributed by atoms with van der Waals surface area (Å²) in [7, 11) is 0. The van der Waals surface area contributed by atoms with Gasteiger partial charge in [-0.25, -0.2) is 9.78 Å². The molecule has 0 bridgehead atoms. The summed E-state index contributed by atoms with van der Waals surface area (Å²) in [5.74, 6) is -1.39. The molecule has 0 radical (unpaired) electrons. The van der Waals surface area contributed by atoms with Crippen LogP contribution in [0.4, 0.5) is 5.69 Å². The van der Waals surface area contributed by atoms with Gasteiger partial charge >= 0.3 is 5.97 Å². The number of nitrogens with zero attached hydrogens (tertiary/aromatic N) is 1. The van der Waals surface area contributed by atoms with E-state index in [2.05, 4.69) is 10.3 Å². The SMILES string of the molecule is Cc1cc(O)ccc1C(=O)Nc1ccc(C(=O)O)nc1. The number of hydrogen-bond donors (Lipinski definition) is 3. The number of aromatic hydroxyl groups is 1. The molecule has 0 saturated heterocycles. The molecule has 0 atom stereocenters. The van der Waals surface area contributed by atoms with Crippen molar-refractivity contribution in [3.8, 4) is 5.75 Å². The second-order valence-electron chi connectivity index (χ2n) is 4.19. The molecule has 3 N–H and O–H groups in total. The number of carbonyl (C=O) groups is 2. The molecule has 6 nitrogen and oxygen atoms in total. The van der Waals surface area contributed by atoms with E-state index in [0.29, 0.717) is 16.8 Å². The Morgan fingerprint density at radius 1 is 1.20 bits per heavy atom. The number of aromatic nitrogens is 1. The molecule has 0 unspecified atom stereocenters. The van der Waals surface area contributed by atoms with Crippen LogP contribution in [0.5, 0.6) is 5.75 Å². The van der Waals surface area contributed by atoms with Crippen molar-refractivity contribution in [1.29, 1.82) is 0 Å². The lowest BCUT2D eigenvalue weighted by Crippen LogP contribution is -2.13. The summed E-state index contributed by atoms with van der Waals surface area (Å²) < 4.78 is 0. The highest BCUT2D eigenvalue weighted by Crippen LogP contribution is 2.17. The van der Waals surface area contributed by atoms with E-state index < -0.39 is 5.97 Å². The summed E-state index contributed by atoms with van der Waals surface area (Å²) in [4.78, 5) is 26.4. The van der Waals surface area contributed by atoms with Gasteiger partial charge in [-0.2, -0.15) is 0 Å². The number of aromatic carboxylic acids is 1. The number of amides is 1. The number of carboxylic acid groups (broad SMARTS) is 1. The maximum Gasteiger partial charge on any atom is 0.354 e. The van der Waals surface area contributed by atoms with Crippen molar-refractivity contribution in [3.63, 3.8) is 0 Å². The second-order valence-corrected chi connectivity index (χ2v) is 4.19. The average Bonchev–Trinajstić information content (AvgIpc) is 2.39. The molecule has 1 heterocycles. The summed E-state index contributed by atoms with van der Waals surface area (Å²) in [6, 6.07) is 7.19. The summed E-state index contributed by atoms with van der Waals surface area (Å²) in [6.07, 6.45) is 1.27. The smallest absolute Gasteiger partial charge is 0.354 e. The Labute approximate surface area is 114 Å². The van der Waals surface area contributed by atoms with Crippen molar-refractivity contribution < 1.29 is 19.8 Å². The van der Waals surface area contributed by atoms with Gasteiger partial charge < -0.3 is 15.5 Å². The molecule has 0 aliphatic rings. The predicted octanol–water partition coefficient (Wildman–Crippen LogP) is 2.05. The number of nitrogens with one attached hydrogen (secondary N) is 1. The number of rotatable bonds is 3. The molecule has 2 aromatic rings. The molecular formula is C14H12N2O4. The first-order valence-corrected chi connectivity index (χ1v) is 5.77. The van der Waals surface area contributed by atoms with E-state index >= 15 is 0 Å². The number of carbonyl (C=O) groups excluding carboxylic acids is 1. The topological polar surface area (TPSA) is 99.5 Å². The van der Waals surface area contributed by atoms with Crippen molar-refractivity contribution in [3.05, 3.63) is 53.3 Å². The highest BCUT2D eigenvalue weighted by atomic mass is 16.4. The molecule has 0 aliphatic carbocycles. The van der Waals surface area contributed by atoms with Crippen LogP contribution in [0.25, 0.3) is 0 Å². The minimum atomic E-state index is -1.13. The molecule has 0 saturated carbocycles. The van der Waals surface area contributed by atoms with Crippen LogP contribution in [-0.2, 0) is 0 Å². The van der Waals surface area contributed by atoms with Crippen LogP contribution in [0.15, 0.2) is 36.5 Å². The number of benzene rings is 1. The minimum Gasteiger partial charge on any atom is -0.508 e. The molecule has 1 amide bonds. The lowest BCUT2D eigenvalue weighted by Gasteiger charge is -2.08. The third-order valence-electron chi connectivity index (χ3n) is 2.70. The fourth-order valence-electron chi connectivity index (χ4n) is 1.70. The zero-order chi connectivity index (χ0) is 14.7. The van der Waals surface area contributed by atoms with Crippen molar-refractivity contribution in [2.45, 2.75) is 6.92 Å². The fourth-order valence-corrected chi connectivity index (χ4v) is 1.70. The van der Waals surface area contributed by atoms with Crippen molar-refractivity contribution in [2.75, 3.05) is 5.32 Å². The summed E-state index contributed by atoms with van der Waals surface area (Å²) in [6.45, 7) is 1.71. The molecule has 1 aromatic carbocycles. The number of phenolic OH excluding ortho intramolecular Hbond substituents is 1. The van der Waals surface area contributed by atoms with Gasteiger partial charge in [-0.15, -0.1) is 0 Å². The van der Waals surface area contributed by atoms with Gasteiger partial charge in [0.15, 0.2) is 0 Å². The molecule has 0 fully saturated rings. The summed E-state index contributed by atoms with van der Waals surface area (Å²) >= 11 is 0. The third kappa shape index (κ3) is 2.92. The Morgan fingerprint density at radius 2 is 1.95 bits per heavy atom. The van der Waals surface area contributed by atoms with E-state index in [-0.39, 0.29) is 17.4 Å². The monoisotopic (exact) mass is 272 g/mol. The van der Waals surface area contributed by atoms with Crippen LogP contribution < -0.4 is 5.32 Å². The average molecular weight is 272 g/mol. The molecule has 1 aromatic heterocycles. The number of phenols is 1. The number of pyridine rings is 1. The molecule has 0 spiro atoms. The molecular weight excluding hydrogens is 260 g/mol. The molecule has 102 valence electrons. The van der Waals surface area contributed by atoms with Crippen LogP contribution in [0.1, 0.15) is 26.4 Å². The van der Waals surface area contributed by atoms with E-state index in [1.54, 1.807) is 6.92 Å². The second kappa shape index (κ2) is 5.40. The minimum absolute atomic E-state index is 0.0894.